The highest BCUT2D eigenvalue weighted by Crippen LogP contribution is 2.26. The zero-order valence-electron chi connectivity index (χ0n) is 12.5. The number of carbonyl (C=O) groups excluding carboxylic acids is 3. The van der Waals surface area contributed by atoms with Crippen molar-refractivity contribution in [3.63, 3.8) is 0 Å². The molecule has 124 valence electrons. The summed E-state index contributed by atoms with van der Waals surface area (Å²) in [5, 5.41) is 0.570. The maximum Gasteiger partial charge on any atom is 0.305 e. The summed E-state index contributed by atoms with van der Waals surface area (Å²) >= 11 is 5.83. The Morgan fingerprint density at radius 3 is 2.58 bits per heavy atom. The van der Waals surface area contributed by atoms with Gasteiger partial charge in [-0.15, -0.1) is 0 Å². The van der Waals surface area contributed by atoms with E-state index in [4.69, 9.17) is 16.0 Å². The maximum atomic E-state index is 12.1. The van der Waals surface area contributed by atoms with Crippen LogP contribution in [0.3, 0.4) is 0 Å². The third kappa shape index (κ3) is 3.41. The van der Waals surface area contributed by atoms with E-state index in [0.717, 1.165) is 0 Å². The van der Waals surface area contributed by atoms with Crippen LogP contribution in [-0.2, 0) is 9.59 Å². The number of carbonyl (C=O) groups is 3. The van der Waals surface area contributed by atoms with Crippen LogP contribution in [0.1, 0.15) is 17.0 Å². The standard InChI is InChI=1S/C16H14ClN3O4/c17-11-3-5-12(6-4-11)20-9-10(8-14(20)21)15(22)18-19-16(23)13-2-1-7-24-13/h1-7,10H,8-9H2,(H,18,22)(H,19,23)/t10-/m1/s1. The topological polar surface area (TPSA) is 91.7 Å². The molecule has 0 unspecified atom stereocenters. The summed E-state index contributed by atoms with van der Waals surface area (Å²) in [5.41, 5.74) is 5.25. The van der Waals surface area contributed by atoms with E-state index in [0.29, 0.717) is 10.7 Å². The van der Waals surface area contributed by atoms with Gasteiger partial charge in [0.2, 0.25) is 11.8 Å². The minimum absolute atomic E-state index is 0.0745. The summed E-state index contributed by atoms with van der Waals surface area (Å²) < 4.78 is 4.92. The third-order valence-electron chi connectivity index (χ3n) is 3.68. The van der Waals surface area contributed by atoms with Gasteiger partial charge in [0, 0.05) is 23.7 Å². The highest BCUT2D eigenvalue weighted by atomic mass is 35.5. The monoisotopic (exact) mass is 347 g/mol. The van der Waals surface area contributed by atoms with Crippen LogP contribution >= 0.6 is 11.6 Å². The second-order valence-corrected chi connectivity index (χ2v) is 5.74. The highest BCUT2D eigenvalue weighted by Gasteiger charge is 2.35. The largest absolute Gasteiger partial charge is 0.459 e. The lowest BCUT2D eigenvalue weighted by atomic mass is 10.1. The minimum atomic E-state index is -0.563. The Hall–Kier alpha value is -2.80. The van der Waals surface area contributed by atoms with Gasteiger partial charge < -0.3 is 9.32 Å². The van der Waals surface area contributed by atoms with Gasteiger partial charge in [0.1, 0.15) is 0 Å². The van der Waals surface area contributed by atoms with Crippen LogP contribution in [0.4, 0.5) is 5.69 Å². The number of hydrazine groups is 1. The molecule has 8 heteroatoms. The van der Waals surface area contributed by atoms with Crippen molar-refractivity contribution < 1.29 is 18.8 Å². The van der Waals surface area contributed by atoms with Crippen LogP contribution in [0.2, 0.25) is 5.02 Å². The van der Waals surface area contributed by atoms with Gasteiger partial charge in [-0.1, -0.05) is 11.6 Å². The lowest BCUT2D eigenvalue weighted by Crippen LogP contribution is -2.45. The SMILES string of the molecule is O=C(NNC(=O)[C@@H]1CC(=O)N(c2ccc(Cl)cc2)C1)c1ccco1. The van der Waals surface area contributed by atoms with Crippen molar-refractivity contribution in [3.05, 3.63) is 53.4 Å². The average Bonchev–Trinajstić information content (AvgIpc) is 3.23. The van der Waals surface area contributed by atoms with E-state index in [1.54, 1.807) is 30.3 Å². The first-order valence-corrected chi connectivity index (χ1v) is 7.62. The van der Waals surface area contributed by atoms with Gasteiger partial charge in [0.15, 0.2) is 5.76 Å². The van der Waals surface area contributed by atoms with Gasteiger partial charge in [0.25, 0.3) is 0 Å². The molecule has 0 saturated carbocycles. The third-order valence-corrected chi connectivity index (χ3v) is 3.93. The molecule has 2 aromatic rings. The number of amides is 3. The first kappa shape index (κ1) is 16.1. The molecule has 0 spiro atoms. The molecule has 2 heterocycles. The van der Waals surface area contributed by atoms with Gasteiger partial charge in [-0.05, 0) is 36.4 Å². The van der Waals surface area contributed by atoms with Crippen LogP contribution in [0, 0.1) is 5.92 Å². The van der Waals surface area contributed by atoms with Gasteiger partial charge >= 0.3 is 5.91 Å². The molecule has 1 saturated heterocycles. The molecule has 1 aromatic heterocycles. The van der Waals surface area contributed by atoms with Crippen LogP contribution in [0.15, 0.2) is 47.1 Å². The summed E-state index contributed by atoms with van der Waals surface area (Å²) in [6.07, 6.45) is 1.43. The molecule has 2 N–H and O–H groups in total. The molecule has 0 aliphatic carbocycles. The predicted octanol–water partition coefficient (Wildman–Crippen LogP) is 1.75. The Kier molecular flexibility index (Phi) is 4.52. The van der Waals surface area contributed by atoms with Crippen molar-refractivity contribution in [2.75, 3.05) is 11.4 Å². The second kappa shape index (κ2) is 6.76. The number of nitrogens with one attached hydrogen (secondary N) is 2. The molecule has 3 amide bonds. The van der Waals surface area contributed by atoms with E-state index in [-0.39, 0.29) is 24.6 Å². The Labute approximate surface area is 142 Å². The van der Waals surface area contributed by atoms with Crippen LogP contribution in [0.5, 0.6) is 0 Å². The predicted molar refractivity (Wildman–Crippen MR) is 86.2 cm³/mol. The molecule has 1 aliphatic rings. The molecular formula is C16H14ClN3O4. The number of nitrogens with zero attached hydrogens (tertiary/aromatic N) is 1. The summed E-state index contributed by atoms with van der Waals surface area (Å²) in [6.45, 7) is 0.239. The normalized spacial score (nSPS) is 17.0. The highest BCUT2D eigenvalue weighted by molar-refractivity contribution is 6.30. The Balaban J connectivity index is 1.58. The number of furan rings is 1. The molecule has 1 aliphatic heterocycles. The number of hydrogen-bond acceptors (Lipinski definition) is 4. The molecule has 1 aromatic carbocycles. The lowest BCUT2D eigenvalue weighted by Gasteiger charge is -2.16. The Bertz CT molecular complexity index is 758. The van der Waals surface area contributed by atoms with Crippen molar-refractivity contribution in [1.29, 1.82) is 0 Å². The van der Waals surface area contributed by atoms with E-state index >= 15 is 0 Å². The van der Waals surface area contributed by atoms with Crippen LogP contribution in [-0.4, -0.2) is 24.3 Å². The van der Waals surface area contributed by atoms with Crippen molar-refractivity contribution in [2.24, 2.45) is 5.92 Å². The summed E-state index contributed by atoms with van der Waals surface area (Å²) in [7, 11) is 0. The van der Waals surface area contributed by atoms with Crippen molar-refractivity contribution in [3.8, 4) is 0 Å². The summed E-state index contributed by atoms with van der Waals surface area (Å²) in [5.74, 6) is -1.62. The summed E-state index contributed by atoms with van der Waals surface area (Å²) in [6, 6.07) is 9.85. The van der Waals surface area contributed by atoms with Gasteiger partial charge in [0.05, 0.1) is 12.2 Å². The van der Waals surface area contributed by atoms with Crippen molar-refractivity contribution in [1.82, 2.24) is 10.9 Å². The second-order valence-electron chi connectivity index (χ2n) is 5.30. The van der Waals surface area contributed by atoms with E-state index in [2.05, 4.69) is 10.9 Å². The number of hydrogen-bond donors (Lipinski definition) is 2. The van der Waals surface area contributed by atoms with E-state index < -0.39 is 17.7 Å². The maximum absolute atomic E-state index is 12.1. The van der Waals surface area contributed by atoms with Crippen molar-refractivity contribution in [2.45, 2.75) is 6.42 Å². The molecule has 24 heavy (non-hydrogen) atoms. The van der Waals surface area contributed by atoms with E-state index in [9.17, 15) is 14.4 Å². The average molecular weight is 348 g/mol. The lowest BCUT2D eigenvalue weighted by molar-refractivity contribution is -0.126. The smallest absolute Gasteiger partial charge is 0.305 e. The fraction of sp³-hybridized carbons (Fsp3) is 0.188. The minimum Gasteiger partial charge on any atom is -0.459 e. The zero-order chi connectivity index (χ0) is 17.1. The van der Waals surface area contributed by atoms with Gasteiger partial charge in [-0.3, -0.25) is 25.2 Å². The molecule has 3 rings (SSSR count). The number of benzene rings is 1. The quantitative estimate of drug-likeness (QED) is 0.827. The number of anilines is 1. The van der Waals surface area contributed by atoms with E-state index in [1.807, 2.05) is 0 Å². The zero-order valence-corrected chi connectivity index (χ0v) is 13.2. The first-order valence-electron chi connectivity index (χ1n) is 7.24. The molecule has 1 atom stereocenters. The molecule has 0 bridgehead atoms. The Morgan fingerprint density at radius 1 is 1.17 bits per heavy atom. The molecule has 7 nitrogen and oxygen atoms in total. The molecule has 1 fully saturated rings. The fourth-order valence-corrected chi connectivity index (χ4v) is 2.57. The van der Waals surface area contributed by atoms with Crippen molar-refractivity contribution >= 4 is 35.0 Å². The molecular weight excluding hydrogens is 334 g/mol. The van der Waals surface area contributed by atoms with Gasteiger partial charge in [-0.25, -0.2) is 0 Å². The van der Waals surface area contributed by atoms with Crippen LogP contribution < -0.4 is 15.8 Å². The van der Waals surface area contributed by atoms with Crippen LogP contribution in [0.25, 0.3) is 0 Å². The first-order chi connectivity index (χ1) is 11.5. The Morgan fingerprint density at radius 2 is 1.92 bits per heavy atom. The molecule has 0 radical (unpaired) electrons. The number of rotatable bonds is 3. The fourth-order valence-electron chi connectivity index (χ4n) is 2.44. The van der Waals surface area contributed by atoms with E-state index in [1.165, 1.54) is 17.2 Å². The summed E-state index contributed by atoms with van der Waals surface area (Å²) in [4.78, 5) is 37.5. The number of halogens is 1. The van der Waals surface area contributed by atoms with Gasteiger partial charge in [-0.2, -0.15) is 0 Å².